The summed E-state index contributed by atoms with van der Waals surface area (Å²) in [4.78, 5) is 6.86. The van der Waals surface area contributed by atoms with Gasteiger partial charge in [-0.2, -0.15) is 0 Å². The first-order chi connectivity index (χ1) is 19.6. The molecule has 0 aliphatic carbocycles. The Bertz CT molecular complexity index is 1700. The summed E-state index contributed by atoms with van der Waals surface area (Å²) in [5, 5.41) is 20.3. The van der Waals surface area contributed by atoms with Crippen molar-refractivity contribution >= 4 is 43.2 Å². The van der Waals surface area contributed by atoms with E-state index in [0.717, 1.165) is 41.7 Å². The number of aromatic nitrogens is 1. The Labute approximate surface area is 234 Å². The molecule has 5 aromatic carbocycles. The number of benzene rings is 5. The number of aliphatic hydroxyl groups is 1. The van der Waals surface area contributed by atoms with Crippen LogP contribution in [0.5, 0.6) is 5.75 Å². The quantitative estimate of drug-likeness (QED) is 0.188. The van der Waals surface area contributed by atoms with Crippen LogP contribution in [0, 0.1) is 11.8 Å². The highest BCUT2D eigenvalue weighted by molar-refractivity contribution is 6.22. The van der Waals surface area contributed by atoms with Crippen molar-refractivity contribution in [2.75, 3.05) is 20.2 Å². The number of fused-ring (bicyclic) bond motifs is 4. The SMILES string of the molecule is C=C[C@H]1C[N@]2CC[C@H]1C[C@H]2[C@H](O)c1ccnc2ccc(OC)cc12.c1cc2ccc3cccc4ccc(c1)c2c34. The molecule has 9 rings (SSSR count). The minimum absolute atomic E-state index is 0.178. The monoisotopic (exact) mass is 526 g/mol. The number of nitrogens with zero attached hydrogens (tertiary/aromatic N) is 2. The van der Waals surface area contributed by atoms with Gasteiger partial charge in [0.15, 0.2) is 0 Å². The summed E-state index contributed by atoms with van der Waals surface area (Å²) in [6, 6.07) is 29.8. The second-order valence-corrected chi connectivity index (χ2v) is 11.3. The number of pyridine rings is 1. The molecule has 5 atom stereocenters. The van der Waals surface area contributed by atoms with E-state index in [4.69, 9.17) is 4.74 Å². The van der Waals surface area contributed by atoms with Crippen LogP contribution < -0.4 is 4.74 Å². The van der Waals surface area contributed by atoms with Crippen molar-refractivity contribution in [2.24, 2.45) is 11.8 Å². The Hall–Kier alpha value is -3.99. The van der Waals surface area contributed by atoms with E-state index >= 15 is 0 Å². The molecule has 6 aromatic rings. The molecule has 4 nitrogen and oxygen atoms in total. The van der Waals surface area contributed by atoms with E-state index in [9.17, 15) is 5.11 Å². The third-order valence-corrected chi connectivity index (χ3v) is 9.21. The summed E-state index contributed by atoms with van der Waals surface area (Å²) in [5.41, 5.74) is 1.85. The van der Waals surface area contributed by atoms with Gasteiger partial charge in [0, 0.05) is 24.2 Å². The van der Waals surface area contributed by atoms with E-state index in [1.54, 1.807) is 13.3 Å². The van der Waals surface area contributed by atoms with Crippen molar-refractivity contribution in [1.29, 1.82) is 0 Å². The zero-order valence-corrected chi connectivity index (χ0v) is 22.8. The predicted molar refractivity (Wildman–Crippen MR) is 165 cm³/mol. The molecule has 4 heterocycles. The highest BCUT2D eigenvalue weighted by Crippen LogP contribution is 2.42. The lowest BCUT2D eigenvalue weighted by Gasteiger charge is -2.50. The molecular weight excluding hydrogens is 492 g/mol. The van der Waals surface area contributed by atoms with Crippen LogP contribution in [0.25, 0.3) is 43.2 Å². The number of hydrogen-bond acceptors (Lipinski definition) is 4. The van der Waals surface area contributed by atoms with E-state index < -0.39 is 6.10 Å². The second-order valence-electron chi connectivity index (χ2n) is 11.3. The highest BCUT2D eigenvalue weighted by atomic mass is 16.5. The Morgan fingerprint density at radius 3 is 2.12 bits per heavy atom. The van der Waals surface area contributed by atoms with E-state index in [-0.39, 0.29) is 6.04 Å². The molecule has 40 heavy (non-hydrogen) atoms. The molecule has 2 bridgehead atoms. The summed E-state index contributed by atoms with van der Waals surface area (Å²) < 4.78 is 5.35. The molecule has 0 unspecified atom stereocenters. The van der Waals surface area contributed by atoms with Gasteiger partial charge >= 0.3 is 0 Å². The molecule has 3 aliphatic rings. The van der Waals surface area contributed by atoms with Crippen LogP contribution in [0.2, 0.25) is 0 Å². The van der Waals surface area contributed by atoms with Gasteiger partial charge in [0.2, 0.25) is 0 Å². The molecule has 1 N–H and O–H groups in total. The van der Waals surface area contributed by atoms with Crippen LogP contribution >= 0.6 is 0 Å². The van der Waals surface area contributed by atoms with Gasteiger partial charge in [0.1, 0.15) is 5.75 Å². The maximum atomic E-state index is 11.2. The molecule has 0 amide bonds. The molecule has 200 valence electrons. The van der Waals surface area contributed by atoms with Crippen LogP contribution in [0.1, 0.15) is 24.5 Å². The van der Waals surface area contributed by atoms with Crippen LogP contribution in [-0.4, -0.2) is 41.2 Å². The Kier molecular flexibility index (Phi) is 6.38. The molecule has 1 aromatic heterocycles. The van der Waals surface area contributed by atoms with Crippen molar-refractivity contribution < 1.29 is 9.84 Å². The van der Waals surface area contributed by atoms with E-state index in [0.29, 0.717) is 11.8 Å². The lowest BCUT2D eigenvalue weighted by atomic mass is 9.73. The first kappa shape index (κ1) is 25.0. The second kappa shape index (κ2) is 10.2. The molecule has 0 radical (unpaired) electrons. The van der Waals surface area contributed by atoms with Gasteiger partial charge in [0.25, 0.3) is 0 Å². The Morgan fingerprint density at radius 2 is 1.57 bits per heavy atom. The van der Waals surface area contributed by atoms with E-state index in [1.807, 2.05) is 24.3 Å². The molecule has 3 aliphatic heterocycles. The molecule has 4 heteroatoms. The summed E-state index contributed by atoms with van der Waals surface area (Å²) in [6.07, 6.45) is 5.62. The van der Waals surface area contributed by atoms with Gasteiger partial charge in [-0.25, -0.2) is 0 Å². The smallest absolute Gasteiger partial charge is 0.119 e. The lowest BCUT2D eigenvalue weighted by molar-refractivity contribution is -0.0444. The van der Waals surface area contributed by atoms with E-state index in [1.165, 1.54) is 38.7 Å². The van der Waals surface area contributed by atoms with Gasteiger partial charge in [-0.05, 0) is 93.4 Å². The van der Waals surface area contributed by atoms with Crippen LogP contribution in [0.15, 0.2) is 104 Å². The van der Waals surface area contributed by atoms with Crippen molar-refractivity contribution in [2.45, 2.75) is 25.0 Å². The summed E-state index contributed by atoms with van der Waals surface area (Å²) in [6.45, 7) is 6.07. The first-order valence-corrected chi connectivity index (χ1v) is 14.2. The summed E-state index contributed by atoms with van der Waals surface area (Å²) >= 11 is 0. The van der Waals surface area contributed by atoms with Gasteiger partial charge < -0.3 is 9.84 Å². The van der Waals surface area contributed by atoms with Crippen molar-refractivity contribution in [3.8, 4) is 5.75 Å². The van der Waals surface area contributed by atoms with Crippen LogP contribution in [0.4, 0.5) is 0 Å². The van der Waals surface area contributed by atoms with Gasteiger partial charge in [0.05, 0.1) is 18.7 Å². The largest absolute Gasteiger partial charge is 0.497 e. The van der Waals surface area contributed by atoms with Crippen molar-refractivity contribution in [1.82, 2.24) is 9.88 Å². The number of hydrogen-bond donors (Lipinski definition) is 1. The van der Waals surface area contributed by atoms with Gasteiger partial charge in [-0.1, -0.05) is 66.7 Å². The number of rotatable bonds is 4. The normalized spacial score (nSPS) is 22.9. The van der Waals surface area contributed by atoms with Crippen molar-refractivity contribution in [3.63, 3.8) is 0 Å². The minimum atomic E-state index is -0.504. The fourth-order valence-electron chi connectivity index (χ4n) is 7.11. The van der Waals surface area contributed by atoms with Gasteiger partial charge in [-0.15, -0.1) is 6.58 Å². The average molecular weight is 527 g/mol. The Balaban J connectivity index is 0.000000143. The molecule has 0 saturated carbocycles. The molecule has 3 saturated heterocycles. The predicted octanol–water partition coefficient (Wildman–Crippen LogP) is 7.76. The van der Waals surface area contributed by atoms with Crippen LogP contribution in [-0.2, 0) is 0 Å². The minimum Gasteiger partial charge on any atom is -0.497 e. The fraction of sp³-hybridized carbons (Fsp3) is 0.250. The zero-order valence-electron chi connectivity index (χ0n) is 22.8. The van der Waals surface area contributed by atoms with Gasteiger partial charge in [-0.3, -0.25) is 9.88 Å². The molecule has 0 spiro atoms. The number of ether oxygens (including phenoxy) is 1. The maximum absolute atomic E-state index is 11.2. The Morgan fingerprint density at radius 1 is 0.925 bits per heavy atom. The number of aliphatic hydroxyl groups excluding tert-OH is 1. The summed E-state index contributed by atoms with van der Waals surface area (Å²) in [5.74, 6) is 2.01. The average Bonchev–Trinajstić information content (AvgIpc) is 3.03. The highest BCUT2D eigenvalue weighted by Gasteiger charge is 2.42. The zero-order chi connectivity index (χ0) is 27.2. The number of methoxy groups -OCH3 is 1. The van der Waals surface area contributed by atoms with E-state index in [2.05, 4.69) is 83.2 Å². The third kappa shape index (κ3) is 4.19. The number of piperidine rings is 3. The van der Waals surface area contributed by atoms with Crippen LogP contribution in [0.3, 0.4) is 0 Å². The maximum Gasteiger partial charge on any atom is 0.119 e. The fourth-order valence-corrected chi connectivity index (χ4v) is 7.11. The standard InChI is InChI=1S/C20H24N2O2.C16H10/c1-3-13-12-22-9-7-14(13)10-19(22)20(23)16-6-8-21-18-5-4-15(24-2)11-17(16)18;1-3-11-7-9-13-5-2-6-14-10-8-12(4-1)15(11)16(13)14/h3-6,8,11,13-14,19-20,23H,1,7,9-10,12H2,2H3;1-10H/t13-,14-,19-,20+;/m0./s1. The summed E-state index contributed by atoms with van der Waals surface area (Å²) in [7, 11) is 1.66. The van der Waals surface area contributed by atoms with Crippen molar-refractivity contribution in [3.05, 3.63) is 109 Å². The molecular formula is C36H34N2O2. The third-order valence-electron chi connectivity index (χ3n) is 9.21. The molecule has 3 fully saturated rings. The topological polar surface area (TPSA) is 45.6 Å². The first-order valence-electron chi connectivity index (χ1n) is 14.2. The lowest BCUT2D eigenvalue weighted by Crippen LogP contribution is -2.54.